The second kappa shape index (κ2) is 77.2. The first-order chi connectivity index (χ1) is 49.7. The first kappa shape index (κ1) is 100. The summed E-state index contributed by atoms with van der Waals surface area (Å²) in [6, 6.07) is 0. The summed E-state index contributed by atoms with van der Waals surface area (Å²) in [6.45, 7) is 5.05. The highest BCUT2D eigenvalue weighted by Gasteiger charge is 2.30. The molecule has 3 N–H and O–H groups in total. The van der Waals surface area contributed by atoms with E-state index in [1.165, 1.54) is 283 Å². The van der Waals surface area contributed by atoms with Gasteiger partial charge in [-0.1, -0.05) is 400 Å². The number of ether oxygens (including phenoxy) is 4. The normalized spacial score (nSPS) is 13.8. The van der Waals surface area contributed by atoms with E-state index < -0.39 is 97.5 Å². The van der Waals surface area contributed by atoms with Crippen LogP contribution in [0.15, 0.2) is 0 Å². The predicted octanol–water partition coefficient (Wildman–Crippen LogP) is 25.4. The van der Waals surface area contributed by atoms with Gasteiger partial charge in [-0.05, 0) is 25.7 Å². The molecule has 0 aromatic rings. The van der Waals surface area contributed by atoms with Gasteiger partial charge in [0, 0.05) is 25.7 Å². The molecule has 0 aromatic heterocycles. The van der Waals surface area contributed by atoms with Gasteiger partial charge in [0.25, 0.3) is 0 Å². The molecule has 102 heavy (non-hydrogen) atoms. The Morgan fingerprint density at radius 2 is 0.392 bits per heavy atom. The van der Waals surface area contributed by atoms with Crippen molar-refractivity contribution in [3.05, 3.63) is 0 Å². The molecule has 0 spiro atoms. The van der Waals surface area contributed by atoms with Crippen LogP contribution in [0.5, 0.6) is 0 Å². The second-order valence-electron chi connectivity index (χ2n) is 29.9. The second-order valence-corrected chi connectivity index (χ2v) is 32.8. The third-order valence-electron chi connectivity index (χ3n) is 19.6. The van der Waals surface area contributed by atoms with E-state index in [4.69, 9.17) is 37.0 Å². The fourth-order valence-corrected chi connectivity index (χ4v) is 14.6. The fraction of sp³-hybridized carbons (Fsp3) is 0.952. The molecule has 0 rings (SSSR count). The number of carbonyl (C=O) groups is 4. The average molecular weight is 1490 g/mol. The van der Waals surface area contributed by atoms with Gasteiger partial charge < -0.3 is 33.8 Å². The summed E-state index contributed by atoms with van der Waals surface area (Å²) in [7, 11) is -9.92. The lowest BCUT2D eigenvalue weighted by Gasteiger charge is -2.21. The summed E-state index contributed by atoms with van der Waals surface area (Å²) >= 11 is 0. The Balaban J connectivity index is 5.24. The maximum Gasteiger partial charge on any atom is 0.472 e. The Labute approximate surface area is 626 Å². The fourth-order valence-electron chi connectivity index (χ4n) is 13.0. The average Bonchev–Trinajstić information content (AvgIpc) is 0.968. The predicted molar refractivity (Wildman–Crippen MR) is 419 cm³/mol. The third kappa shape index (κ3) is 76.3. The molecule has 2 unspecified atom stereocenters. The first-order valence-corrected chi connectivity index (χ1v) is 46.3. The zero-order valence-electron chi connectivity index (χ0n) is 66.6. The molecule has 0 aromatic carbocycles. The van der Waals surface area contributed by atoms with Crippen LogP contribution in [0.4, 0.5) is 0 Å². The number of phosphoric ester groups is 2. The van der Waals surface area contributed by atoms with Crippen molar-refractivity contribution < 1.29 is 80.2 Å². The monoisotopic (exact) mass is 1490 g/mol. The summed E-state index contributed by atoms with van der Waals surface area (Å²) in [5.74, 6) is -2.10. The van der Waals surface area contributed by atoms with E-state index in [-0.39, 0.29) is 25.7 Å². The van der Waals surface area contributed by atoms with Crippen molar-refractivity contribution >= 4 is 39.5 Å². The van der Waals surface area contributed by atoms with Crippen molar-refractivity contribution in [2.24, 2.45) is 0 Å². The van der Waals surface area contributed by atoms with Gasteiger partial charge in [0.15, 0.2) is 12.2 Å². The summed E-state index contributed by atoms with van der Waals surface area (Å²) in [6.07, 6.45) is 70.7. The molecule has 0 radical (unpaired) electrons. The molecule has 19 heteroatoms. The SMILES string of the molecule is CCCCCCCCCCCCCCCCCCCCC(=O)OC[C@H](COP(=O)(O)OC[C@@H](O)COP(=O)(O)OC[C@@H](COC(=O)CCCCCCCCCCCCC)OC(=O)CCCCCCCCCCCCCCCCC)OC(=O)CCCCCCCCCCCCCCCCCCCC. The number of phosphoric acid groups is 2. The van der Waals surface area contributed by atoms with Crippen LogP contribution in [0.25, 0.3) is 0 Å². The number of hydrogen-bond acceptors (Lipinski definition) is 15. The summed E-state index contributed by atoms with van der Waals surface area (Å²) in [4.78, 5) is 73.1. The number of rotatable bonds is 84. The number of hydrogen-bond donors (Lipinski definition) is 3. The molecule has 0 bridgehead atoms. The summed E-state index contributed by atoms with van der Waals surface area (Å²) < 4.78 is 68.8. The third-order valence-corrected chi connectivity index (χ3v) is 21.5. The topological polar surface area (TPSA) is 237 Å². The van der Waals surface area contributed by atoms with E-state index in [9.17, 15) is 43.2 Å². The van der Waals surface area contributed by atoms with Crippen molar-refractivity contribution in [2.75, 3.05) is 39.6 Å². The molecule has 5 atom stereocenters. The van der Waals surface area contributed by atoms with E-state index in [0.717, 1.165) is 89.9 Å². The van der Waals surface area contributed by atoms with E-state index in [1.54, 1.807) is 0 Å². The van der Waals surface area contributed by atoms with E-state index in [1.807, 2.05) is 0 Å². The number of aliphatic hydroxyl groups is 1. The summed E-state index contributed by atoms with van der Waals surface area (Å²) in [5, 5.41) is 10.7. The number of aliphatic hydroxyl groups excluding tert-OH is 1. The lowest BCUT2D eigenvalue weighted by Crippen LogP contribution is -2.30. The molecular formula is C83H162O17P2. The molecule has 0 aliphatic heterocycles. The molecule has 0 fully saturated rings. The van der Waals surface area contributed by atoms with Crippen LogP contribution in [-0.2, 0) is 65.4 Å². The molecule has 606 valence electrons. The molecular weight excluding hydrogens is 1330 g/mol. The molecule has 0 aliphatic carbocycles. The van der Waals surface area contributed by atoms with Crippen LogP contribution in [0.2, 0.25) is 0 Å². The minimum Gasteiger partial charge on any atom is -0.462 e. The Kier molecular flexibility index (Phi) is 75.8. The number of esters is 4. The zero-order valence-corrected chi connectivity index (χ0v) is 68.4. The first-order valence-electron chi connectivity index (χ1n) is 43.3. The van der Waals surface area contributed by atoms with Crippen molar-refractivity contribution in [2.45, 2.75) is 470 Å². The minimum atomic E-state index is -4.96. The van der Waals surface area contributed by atoms with Gasteiger partial charge in [-0.15, -0.1) is 0 Å². The quantitative estimate of drug-likeness (QED) is 0.0222. The Morgan fingerprint density at radius 3 is 0.578 bits per heavy atom. The van der Waals surface area contributed by atoms with Crippen molar-refractivity contribution in [1.29, 1.82) is 0 Å². The van der Waals surface area contributed by atoms with Gasteiger partial charge >= 0.3 is 39.5 Å². The van der Waals surface area contributed by atoms with E-state index in [0.29, 0.717) is 25.7 Å². The minimum absolute atomic E-state index is 0.109. The molecule has 0 aliphatic rings. The van der Waals surface area contributed by atoms with Crippen LogP contribution in [-0.4, -0.2) is 96.7 Å². The highest BCUT2D eigenvalue weighted by Crippen LogP contribution is 2.45. The maximum absolute atomic E-state index is 13.1. The lowest BCUT2D eigenvalue weighted by atomic mass is 10.0. The maximum atomic E-state index is 13.1. The summed E-state index contributed by atoms with van der Waals surface area (Å²) in [5.41, 5.74) is 0. The molecule has 0 amide bonds. The number of unbranched alkanes of at least 4 members (excludes halogenated alkanes) is 58. The van der Waals surface area contributed by atoms with Gasteiger partial charge in [-0.2, -0.15) is 0 Å². The van der Waals surface area contributed by atoms with Gasteiger partial charge in [0.1, 0.15) is 19.3 Å². The highest BCUT2D eigenvalue weighted by molar-refractivity contribution is 7.47. The Bertz CT molecular complexity index is 1930. The van der Waals surface area contributed by atoms with Crippen LogP contribution >= 0.6 is 15.6 Å². The van der Waals surface area contributed by atoms with Crippen molar-refractivity contribution in [1.82, 2.24) is 0 Å². The van der Waals surface area contributed by atoms with E-state index >= 15 is 0 Å². The van der Waals surface area contributed by atoms with Crippen LogP contribution in [0.1, 0.15) is 451 Å². The van der Waals surface area contributed by atoms with Gasteiger partial charge in [0.2, 0.25) is 0 Å². The largest absolute Gasteiger partial charge is 0.472 e. The zero-order chi connectivity index (χ0) is 74.6. The number of carbonyl (C=O) groups excluding carboxylic acids is 4. The molecule has 0 heterocycles. The van der Waals surface area contributed by atoms with Crippen LogP contribution in [0, 0.1) is 0 Å². The van der Waals surface area contributed by atoms with Crippen molar-refractivity contribution in [3.8, 4) is 0 Å². The lowest BCUT2D eigenvalue weighted by molar-refractivity contribution is -0.161. The van der Waals surface area contributed by atoms with Crippen LogP contribution < -0.4 is 0 Å². The molecule has 0 saturated heterocycles. The van der Waals surface area contributed by atoms with Gasteiger partial charge in [0.05, 0.1) is 26.4 Å². The Morgan fingerprint density at radius 1 is 0.235 bits per heavy atom. The highest BCUT2D eigenvalue weighted by atomic mass is 31.2. The van der Waals surface area contributed by atoms with Gasteiger partial charge in [-0.3, -0.25) is 37.3 Å². The van der Waals surface area contributed by atoms with Crippen molar-refractivity contribution in [3.63, 3.8) is 0 Å². The van der Waals surface area contributed by atoms with Crippen LogP contribution in [0.3, 0.4) is 0 Å². The molecule has 0 saturated carbocycles. The van der Waals surface area contributed by atoms with Gasteiger partial charge in [-0.25, -0.2) is 9.13 Å². The standard InChI is InChI=1S/C83H162O17P2/c1-5-9-13-17-21-25-29-32-35-37-39-42-44-48-52-56-60-64-68-81(86)94-74-79(100-83(88)70-66-62-58-54-50-46-43-40-38-36-33-30-26-22-18-14-10-6-2)76-98-102(91,92)96-72-77(84)71-95-101(89,90)97-75-78(73-93-80(85)67-63-59-55-51-47-28-24-20-16-12-8-4)99-82(87)69-65-61-57-53-49-45-41-34-31-27-23-19-15-11-7-3/h77-79,84H,5-76H2,1-4H3,(H,89,90)(H,91,92)/t77-,78+,79+/m0/s1. The Hall–Kier alpha value is -1.94. The molecule has 17 nitrogen and oxygen atoms in total. The van der Waals surface area contributed by atoms with E-state index in [2.05, 4.69) is 27.7 Å². The smallest absolute Gasteiger partial charge is 0.462 e.